The van der Waals surface area contributed by atoms with Crippen molar-refractivity contribution in [2.24, 2.45) is 5.92 Å². The van der Waals surface area contributed by atoms with E-state index >= 15 is 0 Å². The minimum Gasteiger partial charge on any atom is -0.478 e. The van der Waals surface area contributed by atoms with Crippen LogP contribution in [0.5, 0.6) is 0 Å². The van der Waals surface area contributed by atoms with Crippen LogP contribution in [0.4, 0.5) is 0 Å². The van der Waals surface area contributed by atoms with Crippen molar-refractivity contribution in [2.75, 3.05) is 20.2 Å². The Bertz CT molecular complexity index is 595. The van der Waals surface area contributed by atoms with Gasteiger partial charge in [0.05, 0.1) is 11.7 Å². The lowest BCUT2D eigenvalue weighted by Crippen LogP contribution is -2.46. The topological polar surface area (TPSA) is 83.9 Å². The molecule has 1 aliphatic rings. The molecule has 1 fully saturated rings. The zero-order valence-electron chi connectivity index (χ0n) is 11.3. The molecule has 8 heteroatoms. The molecule has 1 aromatic rings. The van der Waals surface area contributed by atoms with Crippen LogP contribution in [0.3, 0.4) is 0 Å². The van der Waals surface area contributed by atoms with E-state index in [1.807, 2.05) is 6.92 Å². The minimum absolute atomic E-state index is 0.00208. The zero-order chi connectivity index (χ0) is 14.9. The van der Waals surface area contributed by atoms with Gasteiger partial charge in [-0.2, -0.15) is 4.31 Å². The summed E-state index contributed by atoms with van der Waals surface area (Å²) in [6.45, 7) is 2.77. The molecule has 6 nitrogen and oxygen atoms in total. The van der Waals surface area contributed by atoms with Crippen molar-refractivity contribution in [3.05, 3.63) is 17.0 Å². The minimum atomic E-state index is -3.63. The van der Waals surface area contributed by atoms with Gasteiger partial charge in [0.15, 0.2) is 0 Å². The highest BCUT2D eigenvalue weighted by atomic mass is 32.2. The fraction of sp³-hybridized carbons (Fsp3) is 0.583. The van der Waals surface area contributed by atoms with Crippen LogP contribution in [-0.4, -0.2) is 50.1 Å². The predicted molar refractivity (Wildman–Crippen MR) is 74.6 cm³/mol. The average molecular weight is 319 g/mol. The second-order valence-electron chi connectivity index (χ2n) is 4.86. The van der Waals surface area contributed by atoms with Crippen LogP contribution < -0.4 is 0 Å². The molecule has 0 aliphatic carbocycles. The van der Waals surface area contributed by atoms with E-state index in [-0.39, 0.29) is 15.9 Å². The number of aromatic carboxylic acids is 1. The molecular weight excluding hydrogens is 302 g/mol. The summed E-state index contributed by atoms with van der Waals surface area (Å²) in [5, 5.41) is 10.2. The van der Waals surface area contributed by atoms with Crippen molar-refractivity contribution in [3.63, 3.8) is 0 Å². The molecule has 2 atom stereocenters. The van der Waals surface area contributed by atoms with E-state index in [0.717, 1.165) is 17.8 Å². The second-order valence-corrected chi connectivity index (χ2v) is 7.94. The van der Waals surface area contributed by atoms with Gasteiger partial charge in [-0.05, 0) is 18.4 Å². The molecule has 2 heterocycles. The number of thiophene rings is 1. The number of sulfonamides is 1. The van der Waals surface area contributed by atoms with Gasteiger partial charge in [-0.25, -0.2) is 13.2 Å². The van der Waals surface area contributed by atoms with E-state index in [1.54, 1.807) is 7.11 Å². The first kappa shape index (κ1) is 15.4. The van der Waals surface area contributed by atoms with Crippen LogP contribution in [-0.2, 0) is 14.8 Å². The standard InChI is InChI=1S/C12H17NO5S2/c1-8-3-4-13(6-10(8)18-2)20(16,17)11-5-9(7-19-11)12(14)15/h5,7-8,10H,3-4,6H2,1-2H3,(H,14,15). The van der Waals surface area contributed by atoms with Crippen molar-refractivity contribution < 1.29 is 23.1 Å². The number of hydrogen-bond acceptors (Lipinski definition) is 5. The Kier molecular flexibility index (Phi) is 4.48. The monoisotopic (exact) mass is 319 g/mol. The van der Waals surface area contributed by atoms with Crippen LogP contribution in [0.15, 0.2) is 15.7 Å². The molecule has 1 N–H and O–H groups in total. The first-order valence-corrected chi connectivity index (χ1v) is 8.53. The maximum absolute atomic E-state index is 12.5. The maximum Gasteiger partial charge on any atom is 0.336 e. The highest BCUT2D eigenvalue weighted by Crippen LogP contribution is 2.28. The lowest BCUT2D eigenvalue weighted by Gasteiger charge is -2.35. The van der Waals surface area contributed by atoms with Crippen molar-refractivity contribution in [1.29, 1.82) is 0 Å². The Morgan fingerprint density at radius 1 is 1.55 bits per heavy atom. The molecule has 0 spiro atoms. The Hall–Kier alpha value is -0.960. The molecule has 2 unspecified atom stereocenters. The lowest BCUT2D eigenvalue weighted by atomic mass is 9.97. The largest absolute Gasteiger partial charge is 0.478 e. The van der Waals surface area contributed by atoms with Crippen molar-refractivity contribution in [1.82, 2.24) is 4.31 Å². The Morgan fingerprint density at radius 3 is 2.80 bits per heavy atom. The molecule has 0 aromatic carbocycles. The quantitative estimate of drug-likeness (QED) is 0.909. The molecule has 1 aromatic heterocycles. The van der Waals surface area contributed by atoms with Gasteiger partial charge in [-0.1, -0.05) is 6.92 Å². The summed E-state index contributed by atoms with van der Waals surface area (Å²) >= 11 is 0.937. The average Bonchev–Trinajstić information content (AvgIpc) is 2.89. The predicted octanol–water partition coefficient (Wildman–Crippen LogP) is 1.49. The number of ether oxygens (including phenoxy) is 1. The van der Waals surface area contributed by atoms with Crippen LogP contribution in [0.2, 0.25) is 0 Å². The summed E-state index contributed by atoms with van der Waals surface area (Å²) in [6, 6.07) is 1.21. The molecule has 0 amide bonds. The molecule has 112 valence electrons. The molecule has 0 saturated carbocycles. The van der Waals surface area contributed by atoms with E-state index in [0.29, 0.717) is 19.0 Å². The SMILES string of the molecule is COC1CN(S(=O)(=O)c2cc(C(=O)O)cs2)CCC1C. The van der Waals surface area contributed by atoms with E-state index in [9.17, 15) is 13.2 Å². The van der Waals surface area contributed by atoms with Crippen LogP contribution in [0.25, 0.3) is 0 Å². The van der Waals surface area contributed by atoms with Gasteiger partial charge in [0, 0.05) is 25.6 Å². The van der Waals surface area contributed by atoms with Gasteiger partial charge in [0.1, 0.15) is 4.21 Å². The first-order chi connectivity index (χ1) is 9.36. The molecule has 2 rings (SSSR count). The van der Waals surface area contributed by atoms with Gasteiger partial charge in [0.25, 0.3) is 10.0 Å². The van der Waals surface area contributed by atoms with Crippen LogP contribution in [0.1, 0.15) is 23.7 Å². The molecule has 0 bridgehead atoms. The smallest absolute Gasteiger partial charge is 0.336 e. The highest BCUT2D eigenvalue weighted by Gasteiger charge is 2.34. The van der Waals surface area contributed by atoms with E-state index in [2.05, 4.69) is 0 Å². The summed E-state index contributed by atoms with van der Waals surface area (Å²) in [4.78, 5) is 10.8. The summed E-state index contributed by atoms with van der Waals surface area (Å²) in [5.74, 6) is -0.811. The first-order valence-electron chi connectivity index (χ1n) is 6.21. The third kappa shape index (κ3) is 2.88. The normalized spacial score (nSPS) is 24.7. The number of carbonyl (C=O) groups is 1. The molecule has 0 radical (unpaired) electrons. The zero-order valence-corrected chi connectivity index (χ0v) is 12.9. The van der Waals surface area contributed by atoms with E-state index in [1.165, 1.54) is 15.8 Å². The molecule has 1 saturated heterocycles. The third-order valence-electron chi connectivity index (χ3n) is 3.57. The summed E-state index contributed by atoms with van der Waals surface area (Å²) in [7, 11) is -2.06. The van der Waals surface area contributed by atoms with E-state index < -0.39 is 16.0 Å². The number of nitrogens with zero attached hydrogens (tertiary/aromatic N) is 1. The fourth-order valence-electron chi connectivity index (χ4n) is 2.22. The Morgan fingerprint density at radius 2 is 2.25 bits per heavy atom. The Labute approximate surface area is 122 Å². The highest BCUT2D eigenvalue weighted by molar-refractivity contribution is 7.91. The van der Waals surface area contributed by atoms with E-state index in [4.69, 9.17) is 9.84 Å². The number of hydrogen-bond donors (Lipinski definition) is 1. The molecule has 20 heavy (non-hydrogen) atoms. The molecule has 1 aliphatic heterocycles. The summed E-state index contributed by atoms with van der Waals surface area (Å²) in [6.07, 6.45) is 0.604. The van der Waals surface area contributed by atoms with Gasteiger partial charge >= 0.3 is 5.97 Å². The fourth-order valence-corrected chi connectivity index (χ4v) is 5.00. The summed E-state index contributed by atoms with van der Waals surface area (Å²) < 4.78 is 31.7. The number of rotatable bonds is 4. The lowest BCUT2D eigenvalue weighted by molar-refractivity contribution is 0.0184. The van der Waals surface area contributed by atoms with Crippen molar-refractivity contribution in [2.45, 2.75) is 23.7 Å². The van der Waals surface area contributed by atoms with Crippen molar-refractivity contribution in [3.8, 4) is 0 Å². The Balaban J connectivity index is 2.23. The number of carboxylic acid groups (broad SMARTS) is 1. The third-order valence-corrected chi connectivity index (χ3v) is 6.85. The molecular formula is C12H17NO5S2. The van der Waals surface area contributed by atoms with Gasteiger partial charge in [0.2, 0.25) is 0 Å². The number of methoxy groups -OCH3 is 1. The van der Waals surface area contributed by atoms with Gasteiger partial charge in [-0.3, -0.25) is 0 Å². The second kappa shape index (κ2) is 5.80. The number of carboxylic acids is 1. The van der Waals surface area contributed by atoms with Crippen LogP contribution >= 0.6 is 11.3 Å². The number of piperidine rings is 1. The maximum atomic E-state index is 12.5. The summed E-state index contributed by atoms with van der Waals surface area (Å²) in [5.41, 5.74) is 0.00208. The van der Waals surface area contributed by atoms with Gasteiger partial charge in [-0.15, -0.1) is 11.3 Å². The van der Waals surface area contributed by atoms with Crippen molar-refractivity contribution >= 4 is 27.3 Å². The van der Waals surface area contributed by atoms with Gasteiger partial charge < -0.3 is 9.84 Å². The van der Waals surface area contributed by atoms with Crippen LogP contribution in [0, 0.1) is 5.92 Å².